The molecule has 0 unspecified atom stereocenters. The van der Waals surface area contributed by atoms with E-state index in [4.69, 9.17) is 0 Å². The van der Waals surface area contributed by atoms with E-state index in [1.165, 1.54) is 51.4 Å². The lowest BCUT2D eigenvalue weighted by Crippen LogP contribution is -2.05. The molecule has 0 aliphatic heterocycles. The van der Waals surface area contributed by atoms with Gasteiger partial charge in [-0.2, -0.15) is 0 Å². The molecule has 0 aromatic heterocycles. The third-order valence-corrected chi connectivity index (χ3v) is 2.72. The van der Waals surface area contributed by atoms with E-state index in [1.807, 2.05) is 10.3 Å². The predicted molar refractivity (Wildman–Crippen MR) is 73.8 cm³/mol. The van der Waals surface area contributed by atoms with Crippen molar-refractivity contribution >= 4 is 22.6 Å². The summed E-state index contributed by atoms with van der Waals surface area (Å²) in [4.78, 5) is 0. The predicted octanol–water partition coefficient (Wildman–Crippen LogP) is 4.62. The number of hydrogen-bond donors (Lipinski definition) is 1. The normalized spacial score (nSPS) is 11.0. The zero-order chi connectivity index (χ0) is 10.5. The lowest BCUT2D eigenvalue weighted by Gasteiger charge is -2.01. The Morgan fingerprint density at radius 3 is 2.07 bits per heavy atom. The minimum absolute atomic E-state index is 1.13. The molecule has 0 bridgehead atoms. The zero-order valence-electron chi connectivity index (χ0n) is 9.40. The summed E-state index contributed by atoms with van der Waals surface area (Å²) in [5, 5.41) is 3.26. The fourth-order valence-corrected chi connectivity index (χ4v) is 1.74. The van der Waals surface area contributed by atoms with E-state index in [-0.39, 0.29) is 0 Å². The van der Waals surface area contributed by atoms with Gasteiger partial charge in [-0.1, -0.05) is 74.5 Å². The van der Waals surface area contributed by atoms with Gasteiger partial charge >= 0.3 is 0 Å². The Bertz CT molecular complexity index is 123. The highest BCUT2D eigenvalue weighted by Crippen LogP contribution is 2.07. The van der Waals surface area contributed by atoms with Gasteiger partial charge in [-0.05, 0) is 10.5 Å². The van der Waals surface area contributed by atoms with Gasteiger partial charge in [-0.25, -0.2) is 0 Å². The smallest absolute Gasteiger partial charge is 0.0141 e. The molecule has 1 nitrogen and oxygen atoms in total. The maximum Gasteiger partial charge on any atom is 0.0141 e. The van der Waals surface area contributed by atoms with Crippen LogP contribution < -0.4 is 5.32 Å². The van der Waals surface area contributed by atoms with Crippen LogP contribution in [-0.4, -0.2) is 6.54 Å². The highest BCUT2D eigenvalue weighted by molar-refractivity contribution is 14.1. The van der Waals surface area contributed by atoms with E-state index in [0.29, 0.717) is 0 Å². The molecule has 14 heavy (non-hydrogen) atoms. The fourth-order valence-electron chi connectivity index (χ4n) is 1.49. The molecule has 0 aromatic rings. The van der Waals surface area contributed by atoms with Gasteiger partial charge in [0, 0.05) is 12.7 Å². The third kappa shape index (κ3) is 12.3. The Labute approximate surface area is 103 Å². The maximum atomic E-state index is 3.26. The molecular weight excluding hydrogens is 285 g/mol. The molecule has 0 spiro atoms. The lowest BCUT2D eigenvalue weighted by atomic mass is 10.1. The Hall–Kier alpha value is 0.270. The molecule has 84 valence electrons. The van der Waals surface area contributed by atoms with Crippen LogP contribution in [0.2, 0.25) is 0 Å². The molecular formula is C12H24IN. The molecule has 0 saturated heterocycles. The van der Waals surface area contributed by atoms with E-state index in [0.717, 1.165) is 6.54 Å². The van der Waals surface area contributed by atoms with Crippen LogP contribution in [0.5, 0.6) is 0 Å². The van der Waals surface area contributed by atoms with Crippen LogP contribution in [0.15, 0.2) is 10.3 Å². The van der Waals surface area contributed by atoms with E-state index < -0.39 is 0 Å². The van der Waals surface area contributed by atoms with Crippen molar-refractivity contribution in [2.45, 2.75) is 58.3 Å². The van der Waals surface area contributed by atoms with Crippen LogP contribution >= 0.6 is 22.6 Å². The van der Waals surface area contributed by atoms with E-state index in [9.17, 15) is 0 Å². The monoisotopic (exact) mass is 309 g/mol. The molecule has 0 aliphatic carbocycles. The van der Waals surface area contributed by atoms with Crippen molar-refractivity contribution in [3.63, 3.8) is 0 Å². The van der Waals surface area contributed by atoms with Gasteiger partial charge in [0.25, 0.3) is 0 Å². The van der Waals surface area contributed by atoms with E-state index in [1.54, 1.807) is 0 Å². The van der Waals surface area contributed by atoms with Crippen molar-refractivity contribution in [3.8, 4) is 0 Å². The molecule has 0 radical (unpaired) electrons. The summed E-state index contributed by atoms with van der Waals surface area (Å²) in [6, 6.07) is 0. The summed E-state index contributed by atoms with van der Waals surface area (Å²) in [6.45, 7) is 3.40. The topological polar surface area (TPSA) is 12.0 Å². The Balaban J connectivity index is 2.85. The number of unbranched alkanes of at least 4 members (excludes halogenated alkanes) is 7. The second-order valence-electron chi connectivity index (χ2n) is 3.72. The summed E-state index contributed by atoms with van der Waals surface area (Å²) in [7, 11) is 0. The first-order valence-electron chi connectivity index (χ1n) is 5.90. The summed E-state index contributed by atoms with van der Waals surface area (Å²) in [5.74, 6) is 0. The average Bonchev–Trinajstić information content (AvgIpc) is 2.21. The van der Waals surface area contributed by atoms with Crippen LogP contribution in [0.1, 0.15) is 58.3 Å². The van der Waals surface area contributed by atoms with Crippen molar-refractivity contribution in [2.75, 3.05) is 6.54 Å². The van der Waals surface area contributed by atoms with Crippen LogP contribution in [-0.2, 0) is 0 Å². The van der Waals surface area contributed by atoms with Gasteiger partial charge < -0.3 is 5.32 Å². The van der Waals surface area contributed by atoms with Crippen molar-refractivity contribution in [1.82, 2.24) is 5.32 Å². The Morgan fingerprint density at radius 2 is 1.50 bits per heavy atom. The van der Waals surface area contributed by atoms with Crippen molar-refractivity contribution in [1.29, 1.82) is 0 Å². The highest BCUT2D eigenvalue weighted by Gasteiger charge is 1.90. The molecule has 0 atom stereocenters. The maximum absolute atomic E-state index is 3.26. The summed E-state index contributed by atoms with van der Waals surface area (Å²) >= 11 is 2.23. The van der Waals surface area contributed by atoms with Crippen LogP contribution in [0.25, 0.3) is 0 Å². The minimum Gasteiger partial charge on any atom is -0.391 e. The van der Waals surface area contributed by atoms with Gasteiger partial charge in [0.05, 0.1) is 0 Å². The standard InChI is InChI=1S/C12H24IN/c1-2-3-4-5-6-7-8-9-11-14-12-10-13/h10,12,14H,2-9,11H2,1H3. The first-order valence-corrected chi connectivity index (χ1v) is 7.15. The lowest BCUT2D eigenvalue weighted by molar-refractivity contribution is 0.570. The quantitative estimate of drug-likeness (QED) is 0.458. The van der Waals surface area contributed by atoms with Gasteiger partial charge in [-0.3, -0.25) is 0 Å². The Kier molecular flexibility index (Phi) is 13.5. The van der Waals surface area contributed by atoms with E-state index in [2.05, 4.69) is 34.8 Å². The fraction of sp³-hybridized carbons (Fsp3) is 0.833. The van der Waals surface area contributed by atoms with Crippen LogP contribution in [0.3, 0.4) is 0 Å². The molecule has 0 aromatic carbocycles. The van der Waals surface area contributed by atoms with Gasteiger partial charge in [-0.15, -0.1) is 0 Å². The molecule has 0 saturated carbocycles. The largest absolute Gasteiger partial charge is 0.391 e. The van der Waals surface area contributed by atoms with Gasteiger partial charge in [0.15, 0.2) is 0 Å². The van der Waals surface area contributed by atoms with Crippen LogP contribution in [0, 0.1) is 0 Å². The van der Waals surface area contributed by atoms with Crippen molar-refractivity contribution in [3.05, 3.63) is 10.3 Å². The average molecular weight is 309 g/mol. The van der Waals surface area contributed by atoms with Crippen molar-refractivity contribution < 1.29 is 0 Å². The molecule has 0 fully saturated rings. The molecule has 0 rings (SSSR count). The number of nitrogens with one attached hydrogen (secondary N) is 1. The summed E-state index contributed by atoms with van der Waals surface area (Å²) < 4.78 is 2.02. The van der Waals surface area contributed by atoms with Crippen LogP contribution in [0.4, 0.5) is 0 Å². The third-order valence-electron chi connectivity index (χ3n) is 2.36. The van der Waals surface area contributed by atoms with Gasteiger partial charge in [0.1, 0.15) is 0 Å². The van der Waals surface area contributed by atoms with Crippen molar-refractivity contribution in [2.24, 2.45) is 0 Å². The Morgan fingerprint density at radius 1 is 0.929 bits per heavy atom. The second-order valence-corrected chi connectivity index (χ2v) is 4.44. The SMILES string of the molecule is CCCCCCCCCCNC=CI. The summed E-state index contributed by atoms with van der Waals surface area (Å²) in [5.41, 5.74) is 0. The molecule has 0 aliphatic rings. The molecule has 0 amide bonds. The number of hydrogen-bond acceptors (Lipinski definition) is 1. The number of halogens is 1. The number of rotatable bonds is 10. The van der Waals surface area contributed by atoms with E-state index >= 15 is 0 Å². The summed E-state index contributed by atoms with van der Waals surface area (Å²) in [6.07, 6.45) is 13.2. The van der Waals surface area contributed by atoms with Gasteiger partial charge in [0.2, 0.25) is 0 Å². The molecule has 1 N–H and O–H groups in total. The minimum atomic E-state index is 1.13. The zero-order valence-corrected chi connectivity index (χ0v) is 11.6. The molecule has 2 heteroatoms. The first kappa shape index (κ1) is 14.3. The highest BCUT2D eigenvalue weighted by atomic mass is 127. The second kappa shape index (κ2) is 13.3. The first-order chi connectivity index (χ1) is 6.91. The molecule has 0 heterocycles.